The van der Waals surface area contributed by atoms with Crippen molar-refractivity contribution in [3.8, 4) is 0 Å². The standard InChI is InChI=1S/C21H22FN3OS/c1-3-4-19-20(26)25(14-17-9-11-18(22)12-10-17)21(27-19)24-23-13-16-7-5-15(2)6-8-16/h5-13,19H,3-4,14H2,1-2H3/b23-13-,24-21-/t19-/m0/s1. The second kappa shape index (κ2) is 8.95. The van der Waals surface area contributed by atoms with Crippen LogP contribution >= 0.6 is 11.8 Å². The topological polar surface area (TPSA) is 45.0 Å². The molecule has 1 fully saturated rings. The van der Waals surface area contributed by atoms with Gasteiger partial charge in [-0.05, 0) is 36.6 Å². The fourth-order valence-electron chi connectivity index (χ4n) is 2.75. The first kappa shape index (κ1) is 19.3. The summed E-state index contributed by atoms with van der Waals surface area (Å²) in [7, 11) is 0. The fraction of sp³-hybridized carbons (Fsp3) is 0.286. The molecule has 27 heavy (non-hydrogen) atoms. The molecule has 6 heteroatoms. The third-order valence-corrected chi connectivity index (χ3v) is 5.49. The molecular formula is C21H22FN3OS. The van der Waals surface area contributed by atoms with Crippen LogP contribution in [-0.2, 0) is 11.3 Å². The zero-order chi connectivity index (χ0) is 19.2. The highest BCUT2D eigenvalue weighted by atomic mass is 32.2. The van der Waals surface area contributed by atoms with Crippen molar-refractivity contribution in [2.75, 3.05) is 0 Å². The molecule has 1 atom stereocenters. The van der Waals surface area contributed by atoms with E-state index in [1.807, 2.05) is 31.2 Å². The molecule has 3 rings (SSSR count). The molecule has 140 valence electrons. The van der Waals surface area contributed by atoms with Gasteiger partial charge in [-0.1, -0.05) is 67.1 Å². The Kier molecular flexibility index (Phi) is 6.40. The van der Waals surface area contributed by atoms with Crippen molar-refractivity contribution >= 4 is 29.1 Å². The molecule has 1 amide bonds. The number of rotatable bonds is 6. The number of thioether (sulfide) groups is 1. The van der Waals surface area contributed by atoms with Gasteiger partial charge in [-0.3, -0.25) is 9.69 Å². The van der Waals surface area contributed by atoms with Gasteiger partial charge in [0.1, 0.15) is 5.82 Å². The molecule has 1 heterocycles. The Morgan fingerprint density at radius 3 is 2.52 bits per heavy atom. The van der Waals surface area contributed by atoms with E-state index in [0.29, 0.717) is 11.7 Å². The molecule has 0 aliphatic carbocycles. The summed E-state index contributed by atoms with van der Waals surface area (Å²) in [6, 6.07) is 14.2. The number of amides is 1. The van der Waals surface area contributed by atoms with Gasteiger partial charge in [-0.25, -0.2) is 4.39 Å². The van der Waals surface area contributed by atoms with Crippen molar-refractivity contribution in [3.05, 3.63) is 71.0 Å². The first-order valence-corrected chi connectivity index (χ1v) is 9.85. The normalized spacial score (nSPS) is 18.8. The van der Waals surface area contributed by atoms with E-state index < -0.39 is 0 Å². The van der Waals surface area contributed by atoms with Gasteiger partial charge in [0.15, 0.2) is 5.17 Å². The zero-order valence-corrected chi connectivity index (χ0v) is 16.2. The number of hydrogen-bond acceptors (Lipinski definition) is 4. The molecule has 0 aromatic heterocycles. The van der Waals surface area contributed by atoms with Crippen LogP contribution in [0, 0.1) is 12.7 Å². The first-order chi connectivity index (χ1) is 13.1. The van der Waals surface area contributed by atoms with Crippen molar-refractivity contribution < 1.29 is 9.18 Å². The highest BCUT2D eigenvalue weighted by molar-refractivity contribution is 8.15. The predicted molar refractivity (Wildman–Crippen MR) is 109 cm³/mol. The van der Waals surface area contributed by atoms with Gasteiger partial charge in [0.05, 0.1) is 18.0 Å². The van der Waals surface area contributed by atoms with Gasteiger partial charge in [0.2, 0.25) is 5.91 Å². The van der Waals surface area contributed by atoms with Crippen LogP contribution in [0.5, 0.6) is 0 Å². The summed E-state index contributed by atoms with van der Waals surface area (Å²) in [6.45, 7) is 4.46. The highest BCUT2D eigenvalue weighted by Gasteiger charge is 2.37. The molecule has 1 aliphatic heterocycles. The predicted octanol–water partition coefficient (Wildman–Crippen LogP) is 4.77. The van der Waals surface area contributed by atoms with E-state index in [4.69, 9.17) is 0 Å². The average molecular weight is 383 g/mol. The van der Waals surface area contributed by atoms with Gasteiger partial charge in [0.25, 0.3) is 0 Å². The minimum absolute atomic E-state index is 0.0375. The number of halogens is 1. The van der Waals surface area contributed by atoms with Gasteiger partial charge in [0, 0.05) is 0 Å². The lowest BCUT2D eigenvalue weighted by molar-refractivity contribution is -0.126. The van der Waals surface area contributed by atoms with Crippen LogP contribution in [0.4, 0.5) is 4.39 Å². The Balaban J connectivity index is 1.79. The molecule has 2 aromatic rings. The third-order valence-electron chi connectivity index (χ3n) is 4.25. The van der Waals surface area contributed by atoms with Gasteiger partial charge in [-0.2, -0.15) is 5.10 Å². The van der Waals surface area contributed by atoms with E-state index in [2.05, 4.69) is 17.1 Å². The lowest BCUT2D eigenvalue weighted by Gasteiger charge is -2.15. The first-order valence-electron chi connectivity index (χ1n) is 8.97. The smallest absolute Gasteiger partial charge is 0.242 e. The van der Waals surface area contributed by atoms with E-state index in [-0.39, 0.29) is 17.0 Å². The minimum atomic E-state index is -0.290. The number of amidine groups is 1. The number of carbonyl (C=O) groups excluding carboxylic acids is 1. The van der Waals surface area contributed by atoms with Crippen LogP contribution < -0.4 is 0 Å². The molecule has 0 spiro atoms. The molecular weight excluding hydrogens is 361 g/mol. The van der Waals surface area contributed by atoms with Crippen LogP contribution in [0.1, 0.15) is 36.5 Å². The second-order valence-corrected chi connectivity index (χ2v) is 7.65. The van der Waals surface area contributed by atoms with Crippen LogP contribution in [0.2, 0.25) is 0 Å². The number of nitrogens with zero attached hydrogens (tertiary/aromatic N) is 3. The van der Waals surface area contributed by atoms with Crippen molar-refractivity contribution in [3.63, 3.8) is 0 Å². The SMILES string of the molecule is CCC[C@@H]1S/C(=N\N=C/c2ccc(C)cc2)N(Cc2ccc(F)cc2)C1=O. The van der Waals surface area contributed by atoms with Gasteiger partial charge < -0.3 is 0 Å². The second-order valence-electron chi connectivity index (χ2n) is 6.48. The van der Waals surface area contributed by atoms with E-state index in [1.54, 1.807) is 23.2 Å². The maximum absolute atomic E-state index is 13.1. The Morgan fingerprint density at radius 1 is 1.15 bits per heavy atom. The van der Waals surface area contributed by atoms with E-state index in [1.165, 1.54) is 29.5 Å². The van der Waals surface area contributed by atoms with Crippen LogP contribution in [0.25, 0.3) is 0 Å². The summed E-state index contributed by atoms with van der Waals surface area (Å²) in [6.07, 6.45) is 3.40. The van der Waals surface area contributed by atoms with Gasteiger partial charge in [-0.15, -0.1) is 5.10 Å². The molecule has 0 bridgehead atoms. The molecule has 0 N–H and O–H groups in total. The van der Waals surface area contributed by atoms with Crippen LogP contribution in [0.3, 0.4) is 0 Å². The Bertz CT molecular complexity index is 847. The minimum Gasteiger partial charge on any atom is -0.284 e. The molecule has 1 aliphatic rings. The molecule has 2 aromatic carbocycles. The lowest BCUT2D eigenvalue weighted by atomic mass is 10.2. The summed E-state index contributed by atoms with van der Waals surface area (Å²) in [5.74, 6) is -0.253. The van der Waals surface area contributed by atoms with E-state index >= 15 is 0 Å². The summed E-state index contributed by atoms with van der Waals surface area (Å²) in [4.78, 5) is 14.4. The molecule has 0 unspecified atom stereocenters. The largest absolute Gasteiger partial charge is 0.284 e. The fourth-order valence-corrected chi connectivity index (χ4v) is 3.96. The highest BCUT2D eigenvalue weighted by Crippen LogP contribution is 2.31. The maximum Gasteiger partial charge on any atom is 0.242 e. The summed E-state index contributed by atoms with van der Waals surface area (Å²) < 4.78 is 13.1. The lowest BCUT2D eigenvalue weighted by Crippen LogP contribution is -2.31. The summed E-state index contributed by atoms with van der Waals surface area (Å²) in [5, 5.41) is 8.93. The van der Waals surface area contributed by atoms with Crippen molar-refractivity contribution in [1.82, 2.24) is 4.90 Å². The third kappa shape index (κ3) is 5.04. The summed E-state index contributed by atoms with van der Waals surface area (Å²) in [5.41, 5.74) is 3.00. The average Bonchev–Trinajstić information content (AvgIpc) is 2.94. The van der Waals surface area contributed by atoms with E-state index in [9.17, 15) is 9.18 Å². The van der Waals surface area contributed by atoms with Crippen LogP contribution in [0.15, 0.2) is 58.7 Å². The zero-order valence-electron chi connectivity index (χ0n) is 15.4. The van der Waals surface area contributed by atoms with E-state index in [0.717, 1.165) is 24.0 Å². The van der Waals surface area contributed by atoms with Gasteiger partial charge >= 0.3 is 0 Å². The Morgan fingerprint density at radius 2 is 1.85 bits per heavy atom. The Hall–Kier alpha value is -2.47. The van der Waals surface area contributed by atoms with Crippen LogP contribution in [-0.4, -0.2) is 27.4 Å². The Labute approximate surface area is 163 Å². The number of carbonyl (C=O) groups is 1. The number of hydrogen-bond donors (Lipinski definition) is 0. The number of aryl methyl sites for hydroxylation is 1. The molecule has 0 saturated carbocycles. The summed E-state index contributed by atoms with van der Waals surface area (Å²) >= 11 is 1.45. The molecule has 4 nitrogen and oxygen atoms in total. The van der Waals surface area contributed by atoms with Crippen molar-refractivity contribution in [2.24, 2.45) is 10.2 Å². The van der Waals surface area contributed by atoms with Crippen molar-refractivity contribution in [1.29, 1.82) is 0 Å². The monoisotopic (exact) mass is 383 g/mol. The quantitative estimate of drug-likeness (QED) is 0.533. The molecule has 1 saturated heterocycles. The number of benzene rings is 2. The maximum atomic E-state index is 13.1. The molecule has 0 radical (unpaired) electrons. The van der Waals surface area contributed by atoms with Crippen molar-refractivity contribution in [2.45, 2.75) is 38.5 Å².